The van der Waals surface area contributed by atoms with Crippen LogP contribution in [0.4, 0.5) is 0 Å². The predicted octanol–water partition coefficient (Wildman–Crippen LogP) is 3.74. The van der Waals surface area contributed by atoms with Crippen LogP contribution in [-0.2, 0) is 17.8 Å². The molecule has 3 aromatic rings. The van der Waals surface area contributed by atoms with Crippen LogP contribution >= 0.6 is 0 Å². The summed E-state index contributed by atoms with van der Waals surface area (Å²) in [5, 5.41) is 3.86. The lowest BCUT2D eigenvalue weighted by molar-refractivity contribution is -0.121. The van der Waals surface area contributed by atoms with E-state index in [1.165, 1.54) is 5.56 Å². The van der Waals surface area contributed by atoms with Crippen LogP contribution in [-0.4, -0.2) is 37.0 Å². The average molecular weight is 435 g/mol. The average Bonchev–Trinajstić information content (AvgIpc) is 2.78. The van der Waals surface area contributed by atoms with Crippen molar-refractivity contribution in [3.8, 4) is 5.75 Å². The highest BCUT2D eigenvalue weighted by molar-refractivity contribution is 5.89. The number of amides is 1. The van der Waals surface area contributed by atoms with Crippen LogP contribution in [0.25, 0.3) is 11.0 Å². The quantitative estimate of drug-likeness (QED) is 0.599. The van der Waals surface area contributed by atoms with Crippen LogP contribution in [0.3, 0.4) is 0 Å². The molecular formula is C26H30N2O4. The van der Waals surface area contributed by atoms with E-state index in [0.29, 0.717) is 16.9 Å². The Hall–Kier alpha value is -3.12. The topological polar surface area (TPSA) is 71.8 Å². The summed E-state index contributed by atoms with van der Waals surface area (Å²) in [6.07, 6.45) is 1.80. The largest absolute Gasteiger partial charge is 0.496 e. The molecule has 1 N–H and O–H groups in total. The Morgan fingerprint density at radius 1 is 1.16 bits per heavy atom. The predicted molar refractivity (Wildman–Crippen MR) is 125 cm³/mol. The first kappa shape index (κ1) is 22.1. The molecule has 0 radical (unpaired) electrons. The minimum atomic E-state index is -0.463. The van der Waals surface area contributed by atoms with E-state index in [2.05, 4.69) is 34.5 Å². The molecule has 1 fully saturated rings. The molecule has 6 nitrogen and oxygen atoms in total. The van der Waals surface area contributed by atoms with Crippen molar-refractivity contribution < 1.29 is 13.9 Å². The number of benzene rings is 2. The van der Waals surface area contributed by atoms with Gasteiger partial charge in [-0.2, -0.15) is 0 Å². The van der Waals surface area contributed by atoms with Gasteiger partial charge in [-0.3, -0.25) is 9.69 Å². The van der Waals surface area contributed by atoms with E-state index in [4.69, 9.17) is 9.15 Å². The zero-order valence-electron chi connectivity index (χ0n) is 18.9. The summed E-state index contributed by atoms with van der Waals surface area (Å²) >= 11 is 0. The molecule has 0 spiro atoms. The number of aryl methyl sites for hydroxylation is 2. The number of carbonyl (C=O) groups is 1. The van der Waals surface area contributed by atoms with Gasteiger partial charge in [0.05, 0.1) is 24.5 Å². The number of fused-ring (bicyclic) bond motifs is 1. The van der Waals surface area contributed by atoms with Crippen molar-refractivity contribution in [3.05, 3.63) is 75.1 Å². The molecule has 1 amide bonds. The van der Waals surface area contributed by atoms with Crippen molar-refractivity contribution >= 4 is 16.9 Å². The van der Waals surface area contributed by atoms with E-state index in [9.17, 15) is 9.59 Å². The Bertz CT molecular complexity index is 1160. The van der Waals surface area contributed by atoms with E-state index in [1.54, 1.807) is 7.11 Å². The summed E-state index contributed by atoms with van der Waals surface area (Å²) in [4.78, 5) is 27.8. The Kier molecular flexibility index (Phi) is 6.61. The SMILES string of the molecule is COc1cc(C)cc2oc(=O)c(CC(=O)NC3CCN(Cc4ccccc4)CC3)c(C)c12. The number of carbonyl (C=O) groups excluding carboxylic acids is 1. The smallest absolute Gasteiger partial charge is 0.340 e. The van der Waals surface area contributed by atoms with Crippen molar-refractivity contribution in [2.75, 3.05) is 20.2 Å². The maximum Gasteiger partial charge on any atom is 0.340 e. The van der Waals surface area contributed by atoms with Crippen molar-refractivity contribution in [2.45, 2.75) is 45.7 Å². The molecule has 1 saturated heterocycles. The molecule has 1 aliphatic rings. The van der Waals surface area contributed by atoms with Crippen LogP contribution in [0.1, 0.15) is 35.1 Å². The summed E-state index contributed by atoms with van der Waals surface area (Å²) in [5.74, 6) is 0.501. The lowest BCUT2D eigenvalue weighted by Crippen LogP contribution is -2.45. The summed E-state index contributed by atoms with van der Waals surface area (Å²) in [6, 6.07) is 14.3. The number of rotatable bonds is 6. The van der Waals surface area contributed by atoms with Gasteiger partial charge in [-0.1, -0.05) is 30.3 Å². The van der Waals surface area contributed by atoms with Crippen molar-refractivity contribution in [3.63, 3.8) is 0 Å². The standard InChI is InChI=1S/C26H30N2O4/c1-17-13-22(31-3)25-18(2)21(26(30)32-23(25)14-17)15-24(29)27-20-9-11-28(12-10-20)16-19-7-5-4-6-8-19/h4-8,13-14,20H,9-12,15-16H2,1-3H3,(H,27,29). The maximum atomic E-state index is 12.8. The van der Waals surface area contributed by atoms with E-state index in [-0.39, 0.29) is 18.4 Å². The van der Waals surface area contributed by atoms with E-state index < -0.39 is 5.63 Å². The van der Waals surface area contributed by atoms with Crippen LogP contribution in [0, 0.1) is 13.8 Å². The van der Waals surface area contributed by atoms with Gasteiger partial charge in [0.15, 0.2) is 0 Å². The van der Waals surface area contributed by atoms with Crippen molar-refractivity contribution in [2.24, 2.45) is 0 Å². The number of hydrogen-bond donors (Lipinski definition) is 1. The molecule has 2 heterocycles. The van der Waals surface area contributed by atoms with Crippen molar-refractivity contribution in [1.29, 1.82) is 0 Å². The normalized spacial score (nSPS) is 15.1. The highest BCUT2D eigenvalue weighted by Crippen LogP contribution is 2.30. The molecule has 0 bridgehead atoms. The van der Waals surface area contributed by atoms with Gasteiger partial charge >= 0.3 is 5.63 Å². The zero-order valence-corrected chi connectivity index (χ0v) is 18.9. The number of methoxy groups -OCH3 is 1. The fourth-order valence-corrected chi connectivity index (χ4v) is 4.52. The molecule has 32 heavy (non-hydrogen) atoms. The fraction of sp³-hybridized carbons (Fsp3) is 0.385. The van der Waals surface area contributed by atoms with E-state index in [0.717, 1.165) is 49.0 Å². The lowest BCUT2D eigenvalue weighted by Gasteiger charge is -2.32. The first-order chi connectivity index (χ1) is 15.4. The van der Waals surface area contributed by atoms with Gasteiger partial charge in [0, 0.05) is 25.7 Å². The molecule has 168 valence electrons. The molecule has 0 aliphatic carbocycles. The van der Waals surface area contributed by atoms with Gasteiger partial charge in [-0.25, -0.2) is 4.79 Å². The summed E-state index contributed by atoms with van der Waals surface area (Å²) in [5.41, 5.74) is 3.40. The second-order valence-corrected chi connectivity index (χ2v) is 8.61. The van der Waals surface area contributed by atoms with Gasteiger partial charge in [0.2, 0.25) is 5.91 Å². The number of hydrogen-bond acceptors (Lipinski definition) is 5. The molecule has 0 atom stereocenters. The molecule has 0 saturated carbocycles. The molecular weight excluding hydrogens is 404 g/mol. The Balaban J connectivity index is 1.40. The minimum absolute atomic E-state index is 0.00532. The fourth-order valence-electron chi connectivity index (χ4n) is 4.52. The number of nitrogens with zero attached hydrogens (tertiary/aromatic N) is 1. The van der Waals surface area contributed by atoms with Crippen LogP contribution in [0.2, 0.25) is 0 Å². The van der Waals surface area contributed by atoms with Crippen molar-refractivity contribution in [1.82, 2.24) is 10.2 Å². The van der Waals surface area contributed by atoms with Gasteiger partial charge in [-0.15, -0.1) is 0 Å². The molecule has 0 unspecified atom stereocenters. The Labute approximate surface area is 188 Å². The third-order valence-corrected chi connectivity index (χ3v) is 6.25. The third kappa shape index (κ3) is 4.86. The second-order valence-electron chi connectivity index (χ2n) is 8.61. The molecule has 2 aromatic carbocycles. The number of ether oxygens (including phenoxy) is 1. The monoisotopic (exact) mass is 434 g/mol. The van der Waals surface area contributed by atoms with Gasteiger partial charge in [0.25, 0.3) is 0 Å². The van der Waals surface area contributed by atoms with Gasteiger partial charge in [0.1, 0.15) is 11.3 Å². The van der Waals surface area contributed by atoms with Crippen LogP contribution < -0.4 is 15.7 Å². The Morgan fingerprint density at radius 2 is 1.88 bits per heavy atom. The zero-order chi connectivity index (χ0) is 22.7. The van der Waals surface area contributed by atoms with Crippen LogP contribution in [0.15, 0.2) is 51.7 Å². The molecule has 4 rings (SSSR count). The Morgan fingerprint density at radius 3 is 2.56 bits per heavy atom. The van der Waals surface area contributed by atoms with Gasteiger partial charge in [-0.05, 0) is 55.5 Å². The third-order valence-electron chi connectivity index (χ3n) is 6.25. The first-order valence-electron chi connectivity index (χ1n) is 11.1. The summed E-state index contributed by atoms with van der Waals surface area (Å²) in [7, 11) is 1.59. The highest BCUT2D eigenvalue weighted by atomic mass is 16.5. The lowest BCUT2D eigenvalue weighted by atomic mass is 10.0. The maximum absolute atomic E-state index is 12.8. The highest BCUT2D eigenvalue weighted by Gasteiger charge is 2.23. The second kappa shape index (κ2) is 9.57. The summed E-state index contributed by atoms with van der Waals surface area (Å²) < 4.78 is 11.0. The number of likely N-dealkylation sites (tertiary alicyclic amines) is 1. The molecule has 6 heteroatoms. The number of piperidine rings is 1. The van der Waals surface area contributed by atoms with Crippen LogP contribution in [0.5, 0.6) is 5.75 Å². The number of nitrogens with one attached hydrogen (secondary N) is 1. The molecule has 1 aliphatic heterocycles. The van der Waals surface area contributed by atoms with E-state index in [1.807, 2.05) is 32.0 Å². The van der Waals surface area contributed by atoms with Gasteiger partial charge < -0.3 is 14.5 Å². The minimum Gasteiger partial charge on any atom is -0.496 e. The first-order valence-corrected chi connectivity index (χ1v) is 11.1. The summed E-state index contributed by atoms with van der Waals surface area (Å²) in [6.45, 7) is 6.58. The van der Waals surface area contributed by atoms with E-state index >= 15 is 0 Å². The molecule has 1 aromatic heterocycles.